The Morgan fingerprint density at radius 1 is 0.846 bits per heavy atom. The van der Waals surface area contributed by atoms with Gasteiger partial charge in [-0.05, 0) is 48.7 Å². The Morgan fingerprint density at radius 3 is 2.10 bits per heavy atom. The molecule has 3 aromatic carbocycles. The molecule has 0 aromatic heterocycles. The zero-order chi connectivity index (χ0) is 27.9. The molecule has 1 aliphatic heterocycles. The molecule has 3 aromatic rings. The highest BCUT2D eigenvalue weighted by Crippen LogP contribution is 2.26. The minimum atomic E-state index is -0.469. The molecule has 0 aliphatic carbocycles. The summed E-state index contributed by atoms with van der Waals surface area (Å²) in [7, 11) is 1.69. The highest BCUT2D eigenvalue weighted by Gasteiger charge is 2.37. The molecule has 0 N–H and O–H groups in total. The minimum Gasteiger partial charge on any atom is -0.484 e. The molecule has 0 bridgehead atoms. The Hall–Kier alpha value is -4.46. The van der Waals surface area contributed by atoms with Crippen LogP contribution in [0.5, 0.6) is 5.75 Å². The smallest absolute Gasteiger partial charge is 0.264 e. The predicted molar refractivity (Wildman–Crippen MR) is 150 cm³/mol. The molecule has 8 nitrogen and oxygen atoms in total. The normalized spacial score (nSPS) is 13.2. The minimum absolute atomic E-state index is 0.176. The maximum atomic E-state index is 13.5. The van der Waals surface area contributed by atoms with Crippen LogP contribution in [0.1, 0.15) is 47.4 Å². The zero-order valence-electron chi connectivity index (χ0n) is 22.5. The van der Waals surface area contributed by atoms with Crippen molar-refractivity contribution in [1.29, 1.82) is 0 Å². The summed E-state index contributed by atoms with van der Waals surface area (Å²) in [5, 5.41) is 0. The van der Waals surface area contributed by atoms with Gasteiger partial charge in [0.1, 0.15) is 12.3 Å². The number of hydrogen-bond donors (Lipinski definition) is 0. The van der Waals surface area contributed by atoms with Gasteiger partial charge in [-0.25, -0.2) is 0 Å². The van der Waals surface area contributed by atoms with E-state index in [1.165, 1.54) is 4.90 Å². The molecule has 0 radical (unpaired) electrons. The van der Waals surface area contributed by atoms with Crippen molar-refractivity contribution in [2.75, 3.05) is 36.5 Å². The number of para-hydroxylation sites is 1. The van der Waals surface area contributed by atoms with Crippen molar-refractivity contribution in [3.63, 3.8) is 0 Å². The van der Waals surface area contributed by atoms with E-state index in [0.29, 0.717) is 35.0 Å². The van der Waals surface area contributed by atoms with E-state index in [1.807, 2.05) is 30.3 Å². The lowest BCUT2D eigenvalue weighted by Gasteiger charge is -2.26. The first-order chi connectivity index (χ1) is 18.8. The monoisotopic (exact) mass is 527 g/mol. The van der Waals surface area contributed by atoms with Crippen molar-refractivity contribution in [2.24, 2.45) is 5.92 Å². The lowest BCUT2D eigenvalue weighted by Crippen LogP contribution is -2.43. The largest absolute Gasteiger partial charge is 0.484 e. The van der Waals surface area contributed by atoms with Crippen LogP contribution in [0.15, 0.2) is 78.9 Å². The number of nitrogens with zero attached hydrogens (tertiary/aromatic N) is 3. The van der Waals surface area contributed by atoms with Gasteiger partial charge >= 0.3 is 0 Å². The van der Waals surface area contributed by atoms with Gasteiger partial charge in [0, 0.05) is 31.0 Å². The number of carbonyl (C=O) groups excluding carboxylic acids is 4. The third kappa shape index (κ3) is 6.34. The van der Waals surface area contributed by atoms with E-state index in [-0.39, 0.29) is 25.0 Å². The Labute approximate surface area is 228 Å². The van der Waals surface area contributed by atoms with Crippen LogP contribution in [-0.2, 0) is 9.59 Å². The molecular weight excluding hydrogens is 494 g/mol. The number of anilines is 2. The SMILES string of the molecule is CCC(C)CCN(C(=O)CN1C(=O)c2ccccc2C1=O)c1cccc(OCC(=O)N(C)c2ccccc2)c1. The molecule has 1 heterocycles. The first-order valence-electron chi connectivity index (χ1n) is 13.1. The molecular formula is C31H33N3O5. The van der Waals surface area contributed by atoms with Gasteiger partial charge in [0.05, 0.1) is 11.1 Å². The van der Waals surface area contributed by atoms with Crippen LogP contribution in [-0.4, -0.2) is 55.3 Å². The molecule has 1 atom stereocenters. The van der Waals surface area contributed by atoms with Crippen molar-refractivity contribution in [2.45, 2.75) is 26.7 Å². The molecule has 4 rings (SSSR count). The van der Waals surface area contributed by atoms with E-state index in [9.17, 15) is 19.2 Å². The van der Waals surface area contributed by atoms with Gasteiger partial charge in [-0.15, -0.1) is 0 Å². The molecule has 8 heteroatoms. The fourth-order valence-corrected chi connectivity index (χ4v) is 4.33. The summed E-state index contributed by atoms with van der Waals surface area (Å²) >= 11 is 0. The first kappa shape index (κ1) is 27.6. The number of fused-ring (bicyclic) bond motifs is 1. The molecule has 0 spiro atoms. The number of likely N-dealkylation sites (N-methyl/N-ethyl adjacent to an activating group) is 1. The average molecular weight is 528 g/mol. The fourth-order valence-electron chi connectivity index (χ4n) is 4.33. The number of hydrogen-bond acceptors (Lipinski definition) is 5. The molecule has 202 valence electrons. The quantitative estimate of drug-likeness (QED) is 0.335. The molecule has 39 heavy (non-hydrogen) atoms. The Bertz CT molecular complexity index is 1320. The summed E-state index contributed by atoms with van der Waals surface area (Å²) in [5.41, 5.74) is 1.94. The second kappa shape index (κ2) is 12.4. The molecule has 1 aliphatic rings. The number of benzene rings is 3. The van der Waals surface area contributed by atoms with E-state index < -0.39 is 11.8 Å². The van der Waals surface area contributed by atoms with Crippen LogP contribution in [0.2, 0.25) is 0 Å². The second-order valence-corrected chi connectivity index (χ2v) is 9.66. The van der Waals surface area contributed by atoms with Crippen molar-refractivity contribution >= 4 is 35.0 Å². The fraction of sp³-hybridized carbons (Fsp3) is 0.290. The molecule has 1 unspecified atom stereocenters. The van der Waals surface area contributed by atoms with Crippen LogP contribution in [0, 0.1) is 5.92 Å². The second-order valence-electron chi connectivity index (χ2n) is 9.66. The summed E-state index contributed by atoms with van der Waals surface area (Å²) < 4.78 is 5.79. The average Bonchev–Trinajstić information content (AvgIpc) is 3.21. The van der Waals surface area contributed by atoms with E-state index in [2.05, 4.69) is 13.8 Å². The van der Waals surface area contributed by atoms with Crippen LogP contribution < -0.4 is 14.5 Å². The van der Waals surface area contributed by atoms with Gasteiger partial charge in [-0.2, -0.15) is 0 Å². The Kier molecular flexibility index (Phi) is 8.76. The highest BCUT2D eigenvalue weighted by atomic mass is 16.5. The standard InChI is InChI=1S/C31H33N3O5/c1-4-22(2)17-18-33(28(35)20-34-30(37)26-15-8-9-16-27(26)31(34)38)24-13-10-14-25(19-24)39-21-29(36)32(3)23-11-6-5-7-12-23/h5-16,19,22H,4,17-18,20-21H2,1-3H3. The van der Waals surface area contributed by atoms with Gasteiger partial charge in [0.15, 0.2) is 6.61 Å². The van der Waals surface area contributed by atoms with Crippen LogP contribution in [0.3, 0.4) is 0 Å². The van der Waals surface area contributed by atoms with Gasteiger partial charge in [-0.3, -0.25) is 24.1 Å². The number of amides is 4. The molecule has 0 saturated heterocycles. The van der Waals surface area contributed by atoms with Crippen LogP contribution in [0.4, 0.5) is 11.4 Å². The summed E-state index contributed by atoms with van der Waals surface area (Å²) in [4.78, 5) is 56.0. The van der Waals surface area contributed by atoms with E-state index in [1.54, 1.807) is 60.5 Å². The summed E-state index contributed by atoms with van der Waals surface area (Å²) in [6.45, 7) is 4.08. The number of rotatable bonds is 11. The first-order valence-corrected chi connectivity index (χ1v) is 13.1. The summed E-state index contributed by atoms with van der Waals surface area (Å²) in [6, 6.07) is 22.8. The number of carbonyl (C=O) groups is 4. The van der Waals surface area contributed by atoms with Crippen molar-refractivity contribution < 1.29 is 23.9 Å². The lowest BCUT2D eigenvalue weighted by molar-refractivity contribution is -0.120. The predicted octanol–water partition coefficient (Wildman–Crippen LogP) is 4.79. The van der Waals surface area contributed by atoms with Gasteiger partial charge < -0.3 is 14.5 Å². The Balaban J connectivity index is 1.49. The number of ether oxygens (including phenoxy) is 1. The van der Waals surface area contributed by atoms with Crippen molar-refractivity contribution in [3.05, 3.63) is 90.0 Å². The topological polar surface area (TPSA) is 87.2 Å². The third-order valence-electron chi connectivity index (χ3n) is 7.02. The Morgan fingerprint density at radius 2 is 1.46 bits per heavy atom. The maximum absolute atomic E-state index is 13.5. The van der Waals surface area contributed by atoms with Crippen LogP contribution >= 0.6 is 0 Å². The number of imide groups is 1. The summed E-state index contributed by atoms with van der Waals surface area (Å²) in [5.74, 6) is -0.714. The van der Waals surface area contributed by atoms with Crippen molar-refractivity contribution in [3.8, 4) is 5.75 Å². The molecule has 0 fully saturated rings. The maximum Gasteiger partial charge on any atom is 0.264 e. The van der Waals surface area contributed by atoms with E-state index in [0.717, 1.165) is 23.4 Å². The summed E-state index contributed by atoms with van der Waals surface area (Å²) in [6.07, 6.45) is 1.70. The lowest BCUT2D eigenvalue weighted by atomic mass is 10.0. The van der Waals surface area contributed by atoms with E-state index >= 15 is 0 Å². The van der Waals surface area contributed by atoms with Gasteiger partial charge in [-0.1, -0.05) is 56.7 Å². The van der Waals surface area contributed by atoms with Gasteiger partial charge in [0.2, 0.25) is 5.91 Å². The van der Waals surface area contributed by atoms with Gasteiger partial charge in [0.25, 0.3) is 17.7 Å². The van der Waals surface area contributed by atoms with Crippen LogP contribution in [0.25, 0.3) is 0 Å². The van der Waals surface area contributed by atoms with E-state index in [4.69, 9.17) is 4.74 Å². The van der Waals surface area contributed by atoms with Crippen molar-refractivity contribution in [1.82, 2.24) is 4.90 Å². The third-order valence-corrected chi connectivity index (χ3v) is 7.02. The highest BCUT2D eigenvalue weighted by molar-refractivity contribution is 6.22. The molecule has 4 amide bonds. The molecule has 0 saturated carbocycles. The zero-order valence-corrected chi connectivity index (χ0v) is 22.5.